The zero-order chi connectivity index (χ0) is 30.0. The van der Waals surface area contributed by atoms with E-state index in [1.165, 1.54) is 0 Å². The lowest BCUT2D eigenvalue weighted by atomic mass is 9.81. The van der Waals surface area contributed by atoms with E-state index in [9.17, 15) is 13.2 Å². The molecule has 0 atom stereocenters. The van der Waals surface area contributed by atoms with Gasteiger partial charge >= 0.3 is 0 Å². The van der Waals surface area contributed by atoms with E-state index < -0.39 is 21.2 Å². The molecule has 1 saturated heterocycles. The SMILES string of the molecule is Cc1c(-c2cc(C(=O)NS(=O)(=O)C3CC3)c3c(OCC4CC(C)(C)OC(C)(C)C4)ccc(C)c3n2)sc2ccccc12. The molecule has 2 aromatic heterocycles. The number of fused-ring (bicyclic) bond motifs is 2. The van der Waals surface area contributed by atoms with Crippen molar-refractivity contribution in [1.29, 1.82) is 0 Å². The summed E-state index contributed by atoms with van der Waals surface area (Å²) in [6.07, 6.45) is 2.83. The van der Waals surface area contributed by atoms with Gasteiger partial charge in [-0.25, -0.2) is 18.1 Å². The first-order valence-corrected chi connectivity index (χ1v) is 16.9. The topological polar surface area (TPSA) is 94.6 Å². The van der Waals surface area contributed by atoms with E-state index in [1.807, 2.05) is 31.2 Å². The Hall–Kier alpha value is -3.01. The second kappa shape index (κ2) is 10.3. The van der Waals surface area contributed by atoms with Crippen molar-refractivity contribution in [3.63, 3.8) is 0 Å². The van der Waals surface area contributed by atoms with Crippen molar-refractivity contribution >= 4 is 48.3 Å². The summed E-state index contributed by atoms with van der Waals surface area (Å²) < 4.78 is 41.9. The predicted molar refractivity (Wildman–Crippen MR) is 169 cm³/mol. The highest BCUT2D eigenvalue weighted by Gasteiger charge is 2.40. The highest BCUT2D eigenvalue weighted by atomic mass is 32.2. The van der Waals surface area contributed by atoms with Gasteiger partial charge in [0.25, 0.3) is 5.91 Å². The van der Waals surface area contributed by atoms with Crippen molar-refractivity contribution in [2.24, 2.45) is 5.92 Å². The van der Waals surface area contributed by atoms with Crippen molar-refractivity contribution in [3.8, 4) is 16.3 Å². The van der Waals surface area contributed by atoms with Crippen molar-refractivity contribution in [1.82, 2.24) is 9.71 Å². The molecule has 42 heavy (non-hydrogen) atoms. The molecule has 0 unspecified atom stereocenters. The number of carbonyl (C=O) groups excluding carboxylic acids is 1. The average Bonchev–Trinajstić information content (AvgIpc) is 3.71. The molecule has 9 heteroatoms. The second-order valence-corrected chi connectivity index (χ2v) is 16.1. The third kappa shape index (κ3) is 5.66. The fourth-order valence-electron chi connectivity index (χ4n) is 6.54. The van der Waals surface area contributed by atoms with E-state index in [2.05, 4.69) is 51.5 Å². The molecule has 1 aliphatic carbocycles. The molecule has 1 amide bonds. The van der Waals surface area contributed by atoms with Crippen molar-refractivity contribution < 1.29 is 22.7 Å². The van der Waals surface area contributed by atoms with Crippen LogP contribution in [0.15, 0.2) is 42.5 Å². The summed E-state index contributed by atoms with van der Waals surface area (Å²) in [5.41, 5.74) is 2.94. The van der Waals surface area contributed by atoms with Crippen LogP contribution in [0.3, 0.4) is 0 Å². The third-order valence-electron chi connectivity index (χ3n) is 8.23. The number of amides is 1. The number of nitrogens with zero attached hydrogens (tertiary/aromatic N) is 1. The lowest BCUT2D eigenvalue weighted by molar-refractivity contribution is -0.175. The van der Waals surface area contributed by atoms with Crippen LogP contribution in [-0.4, -0.2) is 42.4 Å². The van der Waals surface area contributed by atoms with Crippen molar-refractivity contribution in [2.75, 3.05) is 6.61 Å². The van der Waals surface area contributed by atoms with Crippen LogP contribution in [0.2, 0.25) is 0 Å². The van der Waals surface area contributed by atoms with E-state index >= 15 is 0 Å². The number of benzene rings is 2. The molecule has 0 bridgehead atoms. The minimum Gasteiger partial charge on any atom is -0.493 e. The zero-order valence-corrected chi connectivity index (χ0v) is 26.7. The average molecular weight is 607 g/mol. The van der Waals surface area contributed by atoms with E-state index in [0.29, 0.717) is 41.8 Å². The highest BCUT2D eigenvalue weighted by Crippen LogP contribution is 2.42. The molecule has 1 aliphatic heterocycles. The summed E-state index contributed by atoms with van der Waals surface area (Å²) in [5, 5.41) is 1.15. The van der Waals surface area contributed by atoms with Crippen LogP contribution in [-0.2, 0) is 14.8 Å². The Labute approximate surface area is 251 Å². The van der Waals surface area contributed by atoms with Crippen LogP contribution in [0.4, 0.5) is 0 Å². The Balaban J connectivity index is 1.46. The summed E-state index contributed by atoms with van der Waals surface area (Å²) in [6.45, 7) is 12.9. The Kier molecular flexibility index (Phi) is 7.14. The standard InChI is InChI=1S/C33H38N2O5S2/c1-19-11-14-26(39-18-21-16-32(3,4)40-33(5,6)17-21)28-24(31(36)35-42(37,38)22-12-13-22)15-25(34-29(19)28)30-20(2)23-9-7-8-10-27(23)41-30/h7-11,14-15,21-22H,12-13,16-18H2,1-6H3,(H,35,36). The maximum absolute atomic E-state index is 13.8. The Bertz CT molecular complexity index is 1800. The molecule has 1 saturated carbocycles. The van der Waals surface area contributed by atoms with Crippen LogP contribution < -0.4 is 9.46 Å². The maximum atomic E-state index is 13.8. The molecular weight excluding hydrogens is 569 g/mol. The molecule has 0 radical (unpaired) electrons. The molecule has 3 heterocycles. The predicted octanol–water partition coefficient (Wildman–Crippen LogP) is 7.32. The van der Waals surface area contributed by atoms with E-state index in [4.69, 9.17) is 14.5 Å². The van der Waals surface area contributed by atoms with Gasteiger partial charge in [-0.05, 0) is 108 Å². The number of aromatic nitrogens is 1. The molecule has 222 valence electrons. The fraction of sp³-hybridized carbons (Fsp3) is 0.455. The quantitative estimate of drug-likeness (QED) is 0.237. The first-order chi connectivity index (χ1) is 19.7. The molecule has 6 rings (SSSR count). The number of thiophene rings is 1. The van der Waals surface area contributed by atoms with Crippen LogP contribution in [0.25, 0.3) is 31.6 Å². The first-order valence-electron chi connectivity index (χ1n) is 14.5. The smallest absolute Gasteiger partial charge is 0.265 e. The van der Waals surface area contributed by atoms with Crippen LogP contribution >= 0.6 is 11.3 Å². The van der Waals surface area contributed by atoms with E-state index in [1.54, 1.807) is 17.4 Å². The summed E-state index contributed by atoms with van der Waals surface area (Å²) in [4.78, 5) is 19.8. The molecule has 2 fully saturated rings. The number of aryl methyl sites for hydroxylation is 2. The number of carbonyl (C=O) groups is 1. The highest BCUT2D eigenvalue weighted by molar-refractivity contribution is 7.91. The van der Waals surface area contributed by atoms with Gasteiger partial charge in [-0.3, -0.25) is 4.79 Å². The number of ether oxygens (including phenoxy) is 2. The molecule has 0 spiro atoms. The lowest BCUT2D eigenvalue weighted by Crippen LogP contribution is -2.46. The van der Waals surface area contributed by atoms with Crippen LogP contribution in [0.5, 0.6) is 5.75 Å². The molecule has 4 aromatic rings. The Morgan fingerprint density at radius 2 is 1.76 bits per heavy atom. The molecule has 2 aliphatic rings. The number of rotatable bonds is 7. The fourth-order valence-corrected chi connectivity index (χ4v) is 9.00. The van der Waals surface area contributed by atoms with Gasteiger partial charge in [0.2, 0.25) is 10.0 Å². The minimum atomic E-state index is -3.76. The van der Waals surface area contributed by atoms with Crippen LogP contribution in [0.1, 0.15) is 74.9 Å². The number of sulfonamides is 1. The normalized spacial score (nSPS) is 18.8. The molecular formula is C33H38N2O5S2. The summed E-state index contributed by atoms with van der Waals surface area (Å²) in [7, 11) is -3.76. The van der Waals surface area contributed by atoms with E-state index in [0.717, 1.165) is 38.9 Å². The third-order valence-corrected chi connectivity index (χ3v) is 11.3. The molecule has 2 aromatic carbocycles. The van der Waals surface area contributed by atoms with Crippen LogP contribution in [0, 0.1) is 19.8 Å². The van der Waals surface area contributed by atoms with Gasteiger partial charge in [0, 0.05) is 4.70 Å². The summed E-state index contributed by atoms with van der Waals surface area (Å²) in [6, 6.07) is 13.7. The van der Waals surface area contributed by atoms with Gasteiger partial charge in [0.1, 0.15) is 5.75 Å². The van der Waals surface area contributed by atoms with Gasteiger partial charge in [-0.2, -0.15) is 0 Å². The molecule has 1 N–H and O–H groups in total. The number of hydrogen-bond acceptors (Lipinski definition) is 7. The monoisotopic (exact) mass is 606 g/mol. The second-order valence-electron chi connectivity index (χ2n) is 13.1. The summed E-state index contributed by atoms with van der Waals surface area (Å²) >= 11 is 1.62. The molecule has 7 nitrogen and oxygen atoms in total. The first kappa shape index (κ1) is 29.1. The number of pyridine rings is 1. The van der Waals surface area contributed by atoms with E-state index in [-0.39, 0.29) is 22.7 Å². The lowest BCUT2D eigenvalue weighted by Gasteiger charge is -2.45. The summed E-state index contributed by atoms with van der Waals surface area (Å²) in [5.74, 6) is 0.123. The number of hydrogen-bond donors (Lipinski definition) is 1. The van der Waals surface area contributed by atoms with Crippen molar-refractivity contribution in [3.05, 3.63) is 59.2 Å². The largest absolute Gasteiger partial charge is 0.493 e. The Morgan fingerprint density at radius 1 is 1.07 bits per heavy atom. The van der Waals surface area contributed by atoms with Gasteiger partial charge in [-0.15, -0.1) is 11.3 Å². The Morgan fingerprint density at radius 3 is 2.43 bits per heavy atom. The van der Waals surface area contributed by atoms with Crippen molar-refractivity contribution in [2.45, 2.75) is 83.7 Å². The van der Waals surface area contributed by atoms with Gasteiger partial charge < -0.3 is 9.47 Å². The van der Waals surface area contributed by atoms with Gasteiger partial charge in [0.15, 0.2) is 0 Å². The maximum Gasteiger partial charge on any atom is 0.265 e. The minimum absolute atomic E-state index is 0.251. The van der Waals surface area contributed by atoms with Gasteiger partial charge in [0.05, 0.1) is 50.1 Å². The number of nitrogens with one attached hydrogen (secondary N) is 1. The van der Waals surface area contributed by atoms with Gasteiger partial charge in [-0.1, -0.05) is 24.3 Å². The zero-order valence-electron chi connectivity index (χ0n) is 25.0.